The fourth-order valence-corrected chi connectivity index (χ4v) is 3.86. The van der Waals surface area contributed by atoms with Gasteiger partial charge in [-0.05, 0) is 39.2 Å². The van der Waals surface area contributed by atoms with Crippen molar-refractivity contribution < 1.29 is 9.59 Å². The van der Waals surface area contributed by atoms with Crippen molar-refractivity contribution in [3.8, 4) is 6.07 Å². The average Bonchev–Trinajstić information content (AvgIpc) is 2.75. The number of primary amides is 1. The van der Waals surface area contributed by atoms with Gasteiger partial charge >= 0.3 is 0 Å². The predicted molar refractivity (Wildman–Crippen MR) is 90.1 cm³/mol. The van der Waals surface area contributed by atoms with E-state index in [4.69, 9.17) is 5.73 Å². The summed E-state index contributed by atoms with van der Waals surface area (Å²) in [7, 11) is 0. The highest BCUT2D eigenvalue weighted by Crippen LogP contribution is 2.31. The van der Waals surface area contributed by atoms with E-state index in [-0.39, 0.29) is 30.3 Å². The van der Waals surface area contributed by atoms with Gasteiger partial charge in [-0.2, -0.15) is 5.26 Å². The molecule has 1 saturated heterocycles. The van der Waals surface area contributed by atoms with Crippen LogP contribution in [0.4, 0.5) is 5.00 Å². The van der Waals surface area contributed by atoms with Crippen LogP contribution >= 0.6 is 11.3 Å². The number of thiophene rings is 1. The van der Waals surface area contributed by atoms with Crippen LogP contribution in [0, 0.1) is 31.1 Å². The SMILES string of the molecule is Cc1sc(NC(=O)CN2C[C@@H](C(N)=O)CC[C@H]2C)c(C#N)c1C. The van der Waals surface area contributed by atoms with E-state index in [1.807, 2.05) is 25.7 Å². The van der Waals surface area contributed by atoms with E-state index in [0.717, 1.165) is 23.3 Å². The highest BCUT2D eigenvalue weighted by Gasteiger charge is 2.30. The van der Waals surface area contributed by atoms with Crippen molar-refractivity contribution in [3.63, 3.8) is 0 Å². The molecule has 3 N–H and O–H groups in total. The summed E-state index contributed by atoms with van der Waals surface area (Å²) in [5, 5.41) is 12.7. The Hall–Kier alpha value is -1.91. The lowest BCUT2D eigenvalue weighted by Gasteiger charge is -2.36. The monoisotopic (exact) mass is 334 g/mol. The molecule has 23 heavy (non-hydrogen) atoms. The minimum absolute atomic E-state index is 0.167. The Morgan fingerprint density at radius 3 is 2.74 bits per heavy atom. The van der Waals surface area contributed by atoms with Crippen LogP contribution in [0.3, 0.4) is 0 Å². The van der Waals surface area contributed by atoms with Gasteiger partial charge in [-0.1, -0.05) is 0 Å². The van der Waals surface area contributed by atoms with Gasteiger partial charge in [-0.25, -0.2) is 0 Å². The number of piperidine rings is 1. The molecule has 0 saturated carbocycles. The maximum absolute atomic E-state index is 12.3. The van der Waals surface area contributed by atoms with Gasteiger partial charge in [-0.3, -0.25) is 14.5 Å². The third kappa shape index (κ3) is 3.89. The van der Waals surface area contributed by atoms with Gasteiger partial charge in [0.1, 0.15) is 11.1 Å². The molecule has 0 bridgehead atoms. The fraction of sp³-hybridized carbons (Fsp3) is 0.562. The first-order valence-electron chi connectivity index (χ1n) is 7.66. The van der Waals surface area contributed by atoms with E-state index in [2.05, 4.69) is 11.4 Å². The first kappa shape index (κ1) is 17.4. The van der Waals surface area contributed by atoms with Gasteiger partial charge in [0.05, 0.1) is 18.0 Å². The van der Waals surface area contributed by atoms with E-state index in [0.29, 0.717) is 17.1 Å². The Balaban J connectivity index is 2.03. The highest BCUT2D eigenvalue weighted by atomic mass is 32.1. The normalized spacial score (nSPS) is 21.7. The van der Waals surface area contributed by atoms with Crippen LogP contribution in [-0.2, 0) is 9.59 Å². The Labute approximate surface area is 140 Å². The van der Waals surface area contributed by atoms with Gasteiger partial charge in [0.25, 0.3) is 0 Å². The smallest absolute Gasteiger partial charge is 0.239 e. The number of carbonyl (C=O) groups excluding carboxylic acids is 2. The number of hydrogen-bond donors (Lipinski definition) is 2. The van der Waals surface area contributed by atoms with Crippen LogP contribution in [0.2, 0.25) is 0 Å². The zero-order valence-electron chi connectivity index (χ0n) is 13.7. The molecular formula is C16H22N4O2S. The van der Waals surface area contributed by atoms with Crippen molar-refractivity contribution in [2.45, 2.75) is 39.7 Å². The molecule has 0 aliphatic carbocycles. The second-order valence-corrected chi connectivity index (χ2v) is 7.33. The van der Waals surface area contributed by atoms with E-state index in [9.17, 15) is 14.9 Å². The van der Waals surface area contributed by atoms with Crippen molar-refractivity contribution in [1.29, 1.82) is 5.26 Å². The van der Waals surface area contributed by atoms with Crippen LogP contribution < -0.4 is 11.1 Å². The second-order valence-electron chi connectivity index (χ2n) is 6.10. The molecule has 0 unspecified atom stereocenters. The van der Waals surface area contributed by atoms with E-state index >= 15 is 0 Å². The summed E-state index contributed by atoms with van der Waals surface area (Å²) in [6.45, 7) is 6.57. The Kier molecular flexibility index (Phi) is 5.39. The van der Waals surface area contributed by atoms with Crippen LogP contribution in [0.25, 0.3) is 0 Å². The van der Waals surface area contributed by atoms with Gasteiger partial charge in [-0.15, -0.1) is 11.3 Å². The fourth-order valence-electron chi connectivity index (χ4n) is 2.83. The molecule has 1 fully saturated rings. The first-order chi connectivity index (χ1) is 10.8. The Morgan fingerprint density at radius 2 is 2.13 bits per heavy atom. The Bertz CT molecular complexity index is 662. The lowest BCUT2D eigenvalue weighted by atomic mass is 9.93. The van der Waals surface area contributed by atoms with Crippen LogP contribution in [0.5, 0.6) is 0 Å². The molecule has 2 atom stereocenters. The number of carbonyl (C=O) groups is 2. The number of hydrogen-bond acceptors (Lipinski definition) is 5. The third-order valence-electron chi connectivity index (χ3n) is 4.51. The first-order valence-corrected chi connectivity index (χ1v) is 8.48. The second kappa shape index (κ2) is 7.11. The molecule has 1 aromatic rings. The zero-order valence-corrected chi connectivity index (χ0v) is 14.5. The molecule has 2 rings (SSSR count). The molecule has 1 aliphatic heterocycles. The molecule has 2 amide bonds. The minimum Gasteiger partial charge on any atom is -0.369 e. The largest absolute Gasteiger partial charge is 0.369 e. The van der Waals surface area contributed by atoms with Crippen molar-refractivity contribution in [2.24, 2.45) is 11.7 Å². The number of rotatable bonds is 4. The van der Waals surface area contributed by atoms with E-state index < -0.39 is 0 Å². The molecule has 6 nitrogen and oxygen atoms in total. The average molecular weight is 334 g/mol. The van der Waals surface area contributed by atoms with Gasteiger partial charge in [0, 0.05) is 17.5 Å². The molecule has 0 aromatic carbocycles. The molecule has 124 valence electrons. The summed E-state index contributed by atoms with van der Waals surface area (Å²) in [5.74, 6) is -0.668. The van der Waals surface area contributed by atoms with Crippen LogP contribution in [0.15, 0.2) is 0 Å². The number of nitrogens with two attached hydrogens (primary N) is 1. The lowest BCUT2D eigenvalue weighted by molar-refractivity contribution is -0.126. The number of anilines is 1. The lowest BCUT2D eigenvalue weighted by Crippen LogP contribution is -2.48. The van der Waals surface area contributed by atoms with Gasteiger partial charge in [0.15, 0.2) is 0 Å². The van der Waals surface area contributed by atoms with Gasteiger partial charge < -0.3 is 11.1 Å². The summed E-state index contributed by atoms with van der Waals surface area (Å²) < 4.78 is 0. The number of nitrogens with zero attached hydrogens (tertiary/aromatic N) is 2. The summed E-state index contributed by atoms with van der Waals surface area (Å²) >= 11 is 1.42. The van der Waals surface area contributed by atoms with Gasteiger partial charge in [0.2, 0.25) is 11.8 Å². The number of nitriles is 1. The van der Waals surface area contributed by atoms with Crippen molar-refractivity contribution in [2.75, 3.05) is 18.4 Å². The molecule has 2 heterocycles. The number of amides is 2. The molecular weight excluding hydrogens is 312 g/mol. The van der Waals surface area contributed by atoms with Crippen LogP contribution in [0.1, 0.15) is 35.8 Å². The standard InChI is InChI=1S/C16H22N4O2S/c1-9-4-5-12(15(18)22)7-20(9)8-14(21)19-16-13(6-17)10(2)11(3)23-16/h9,12H,4-5,7-8H2,1-3H3,(H2,18,22)(H,19,21)/t9-,12+/m1/s1. The molecule has 1 aromatic heterocycles. The van der Waals surface area contributed by atoms with E-state index in [1.165, 1.54) is 11.3 Å². The highest BCUT2D eigenvalue weighted by molar-refractivity contribution is 7.16. The minimum atomic E-state index is -0.307. The van der Waals surface area contributed by atoms with Crippen molar-refractivity contribution >= 4 is 28.2 Å². The van der Waals surface area contributed by atoms with Crippen molar-refractivity contribution in [3.05, 3.63) is 16.0 Å². The number of likely N-dealkylation sites (tertiary alicyclic amines) is 1. The Morgan fingerprint density at radius 1 is 1.43 bits per heavy atom. The maximum atomic E-state index is 12.3. The molecule has 7 heteroatoms. The van der Waals surface area contributed by atoms with E-state index in [1.54, 1.807) is 0 Å². The number of nitrogens with one attached hydrogen (secondary N) is 1. The molecule has 0 spiro atoms. The van der Waals surface area contributed by atoms with Crippen molar-refractivity contribution in [1.82, 2.24) is 4.90 Å². The maximum Gasteiger partial charge on any atom is 0.239 e. The quantitative estimate of drug-likeness (QED) is 0.876. The molecule has 0 radical (unpaired) electrons. The summed E-state index contributed by atoms with van der Waals surface area (Å²) in [6, 6.07) is 2.38. The summed E-state index contributed by atoms with van der Waals surface area (Å²) in [5.41, 5.74) is 6.83. The molecule has 1 aliphatic rings. The number of aryl methyl sites for hydroxylation is 1. The summed E-state index contributed by atoms with van der Waals surface area (Å²) in [6.07, 6.45) is 1.62. The predicted octanol–water partition coefficient (Wildman–Crippen LogP) is 1.76. The zero-order chi connectivity index (χ0) is 17.1. The summed E-state index contributed by atoms with van der Waals surface area (Å²) in [4.78, 5) is 26.7. The van der Waals surface area contributed by atoms with Crippen LogP contribution in [-0.4, -0.2) is 35.8 Å². The topological polar surface area (TPSA) is 99.2 Å². The third-order valence-corrected chi connectivity index (χ3v) is 5.63.